The van der Waals surface area contributed by atoms with Gasteiger partial charge in [0.15, 0.2) is 0 Å². The van der Waals surface area contributed by atoms with Crippen molar-refractivity contribution in [2.24, 2.45) is 0 Å². The molecule has 4 rings (SSSR count). The van der Waals surface area contributed by atoms with Gasteiger partial charge in [-0.1, -0.05) is 61.9 Å². The van der Waals surface area contributed by atoms with Crippen LogP contribution >= 0.6 is 0 Å². The number of esters is 1. The van der Waals surface area contributed by atoms with E-state index in [1.54, 1.807) is 6.20 Å². The number of benzene rings is 2. The average molecular weight is 431 g/mol. The van der Waals surface area contributed by atoms with Gasteiger partial charge in [-0.05, 0) is 35.2 Å². The third-order valence-electron chi connectivity index (χ3n) is 5.22. The molecule has 0 amide bonds. The van der Waals surface area contributed by atoms with E-state index in [-0.39, 0.29) is 5.97 Å². The van der Waals surface area contributed by atoms with Crippen LogP contribution in [0.4, 0.5) is 0 Å². The molecule has 8 heteroatoms. The fourth-order valence-electron chi connectivity index (χ4n) is 3.61. The molecule has 1 N–H and O–H groups in total. The number of hydrogen-bond donors (Lipinski definition) is 1. The van der Waals surface area contributed by atoms with Gasteiger partial charge in [-0.3, -0.25) is 4.68 Å². The number of aromatic nitrogens is 6. The van der Waals surface area contributed by atoms with Crippen LogP contribution in [0.1, 0.15) is 48.3 Å². The highest BCUT2D eigenvalue weighted by Crippen LogP contribution is 2.30. The van der Waals surface area contributed by atoms with Gasteiger partial charge in [-0.2, -0.15) is 10.3 Å². The first-order chi connectivity index (χ1) is 15.7. The molecule has 0 spiro atoms. The normalized spacial score (nSPS) is 10.9. The molecule has 8 nitrogen and oxygen atoms in total. The number of tetrazole rings is 1. The Labute approximate surface area is 186 Å². The van der Waals surface area contributed by atoms with Gasteiger partial charge in [-0.15, -0.1) is 10.2 Å². The Morgan fingerprint density at radius 1 is 1.06 bits per heavy atom. The zero-order valence-electron chi connectivity index (χ0n) is 18.3. The lowest BCUT2D eigenvalue weighted by molar-refractivity contribution is 0.0525. The molecule has 0 aliphatic heterocycles. The van der Waals surface area contributed by atoms with Crippen LogP contribution in [0.3, 0.4) is 0 Å². The predicted octanol–water partition coefficient (Wildman–Crippen LogP) is 4.30. The number of carbonyl (C=O) groups excluding carboxylic acids is 1. The number of aryl methyl sites for hydroxylation is 1. The lowest BCUT2D eigenvalue weighted by atomic mass is 9.97. The van der Waals surface area contributed by atoms with Gasteiger partial charge in [0.05, 0.1) is 12.3 Å². The minimum atomic E-state index is -0.323. The Morgan fingerprint density at radius 2 is 1.84 bits per heavy atom. The summed E-state index contributed by atoms with van der Waals surface area (Å²) in [5.41, 5.74) is 5.32. The van der Waals surface area contributed by atoms with Gasteiger partial charge in [-0.25, -0.2) is 4.79 Å². The van der Waals surface area contributed by atoms with Crippen LogP contribution in [-0.2, 0) is 17.7 Å². The van der Waals surface area contributed by atoms with E-state index in [0.717, 1.165) is 47.3 Å². The molecule has 32 heavy (non-hydrogen) atoms. The third kappa shape index (κ3) is 4.74. The number of nitrogens with zero attached hydrogens (tertiary/aromatic N) is 5. The molecule has 164 valence electrons. The van der Waals surface area contributed by atoms with Crippen LogP contribution in [0.15, 0.2) is 54.7 Å². The number of aromatic amines is 1. The van der Waals surface area contributed by atoms with Crippen molar-refractivity contribution in [3.05, 3.63) is 71.5 Å². The lowest BCUT2D eigenvalue weighted by Crippen LogP contribution is -2.07. The molecule has 0 aliphatic rings. The number of rotatable bonds is 9. The molecule has 0 aliphatic carbocycles. The highest BCUT2D eigenvalue weighted by atomic mass is 16.5. The van der Waals surface area contributed by atoms with Gasteiger partial charge in [0.1, 0.15) is 5.56 Å². The Balaban J connectivity index is 1.59. The van der Waals surface area contributed by atoms with Crippen LogP contribution in [0.5, 0.6) is 0 Å². The summed E-state index contributed by atoms with van der Waals surface area (Å²) in [6, 6.07) is 16.2. The quantitative estimate of drug-likeness (QED) is 0.398. The molecule has 2 heterocycles. The molecule has 2 aromatic heterocycles. The third-order valence-corrected chi connectivity index (χ3v) is 5.22. The summed E-state index contributed by atoms with van der Waals surface area (Å²) < 4.78 is 7.09. The zero-order chi connectivity index (χ0) is 22.3. The van der Waals surface area contributed by atoms with Crippen molar-refractivity contribution in [1.29, 1.82) is 0 Å². The van der Waals surface area contributed by atoms with Crippen LogP contribution in [0.2, 0.25) is 0 Å². The van der Waals surface area contributed by atoms with Gasteiger partial charge < -0.3 is 4.74 Å². The summed E-state index contributed by atoms with van der Waals surface area (Å²) in [7, 11) is 0. The van der Waals surface area contributed by atoms with Gasteiger partial charge in [0.25, 0.3) is 0 Å². The van der Waals surface area contributed by atoms with Crippen molar-refractivity contribution < 1.29 is 9.53 Å². The topological polar surface area (TPSA) is 98.6 Å². The lowest BCUT2D eigenvalue weighted by Gasteiger charge is -2.08. The molecule has 0 saturated heterocycles. The van der Waals surface area contributed by atoms with Crippen LogP contribution in [0, 0.1) is 0 Å². The van der Waals surface area contributed by atoms with E-state index in [2.05, 4.69) is 56.9 Å². The van der Waals surface area contributed by atoms with Crippen molar-refractivity contribution in [2.45, 2.75) is 39.7 Å². The van der Waals surface area contributed by atoms with E-state index in [1.807, 2.05) is 35.9 Å². The summed E-state index contributed by atoms with van der Waals surface area (Å²) in [5.74, 6) is 0.234. The van der Waals surface area contributed by atoms with Crippen molar-refractivity contribution in [3.63, 3.8) is 0 Å². The number of unbranched alkanes of at least 4 members (excludes halogenated alkanes) is 1. The fourth-order valence-corrected chi connectivity index (χ4v) is 3.61. The Bertz CT molecular complexity index is 1170. The van der Waals surface area contributed by atoms with Crippen LogP contribution < -0.4 is 0 Å². The minimum Gasteiger partial charge on any atom is -0.462 e. The number of carbonyl (C=O) groups is 1. The van der Waals surface area contributed by atoms with Crippen molar-refractivity contribution in [1.82, 2.24) is 30.4 Å². The second-order valence-electron chi connectivity index (χ2n) is 7.48. The number of H-pyrrole nitrogens is 1. The van der Waals surface area contributed by atoms with Crippen molar-refractivity contribution in [3.8, 4) is 22.5 Å². The SMILES string of the molecule is CCCCn1cc(C(=O)OCC)c(Cc2ccc(-c3ccccc3-c3nn[nH]n3)cc2)n1. The van der Waals surface area contributed by atoms with E-state index in [4.69, 9.17) is 4.74 Å². The molecule has 0 bridgehead atoms. The summed E-state index contributed by atoms with van der Waals surface area (Å²) >= 11 is 0. The highest BCUT2D eigenvalue weighted by molar-refractivity contribution is 5.90. The van der Waals surface area contributed by atoms with Gasteiger partial charge in [0.2, 0.25) is 5.82 Å². The summed E-state index contributed by atoms with van der Waals surface area (Å²) in [5, 5.41) is 19.1. The van der Waals surface area contributed by atoms with E-state index < -0.39 is 0 Å². The maximum Gasteiger partial charge on any atom is 0.341 e. The Morgan fingerprint density at radius 3 is 2.53 bits per heavy atom. The molecular weight excluding hydrogens is 404 g/mol. The number of ether oxygens (including phenoxy) is 1. The smallest absolute Gasteiger partial charge is 0.341 e. The van der Waals surface area contributed by atoms with E-state index in [1.165, 1.54) is 0 Å². The van der Waals surface area contributed by atoms with Crippen molar-refractivity contribution >= 4 is 5.97 Å². The fraction of sp³-hybridized carbons (Fsp3) is 0.292. The van der Waals surface area contributed by atoms with Crippen molar-refractivity contribution in [2.75, 3.05) is 6.61 Å². The average Bonchev–Trinajstić information content (AvgIpc) is 3.49. The standard InChI is InChI=1S/C24H26N6O2/c1-3-5-14-30-16-21(24(31)32-4-2)22(27-30)15-17-10-12-18(13-11-17)19-8-6-7-9-20(19)23-25-28-29-26-23/h6-13,16H,3-5,14-15H2,1-2H3,(H,25,26,28,29). The molecule has 4 aromatic rings. The Hall–Kier alpha value is -3.81. The van der Waals surface area contributed by atoms with Gasteiger partial charge in [0, 0.05) is 24.7 Å². The van der Waals surface area contributed by atoms with E-state index in [0.29, 0.717) is 24.4 Å². The first kappa shape index (κ1) is 21.4. The summed E-state index contributed by atoms with van der Waals surface area (Å²) in [4.78, 5) is 12.4. The second kappa shape index (κ2) is 10.00. The highest BCUT2D eigenvalue weighted by Gasteiger charge is 2.18. The molecule has 0 unspecified atom stereocenters. The predicted molar refractivity (Wildman–Crippen MR) is 121 cm³/mol. The maximum absolute atomic E-state index is 12.4. The van der Waals surface area contributed by atoms with E-state index in [9.17, 15) is 4.79 Å². The molecular formula is C24H26N6O2. The van der Waals surface area contributed by atoms with Crippen LogP contribution in [0.25, 0.3) is 22.5 Å². The second-order valence-corrected chi connectivity index (χ2v) is 7.48. The first-order valence-corrected chi connectivity index (χ1v) is 10.8. The number of nitrogens with one attached hydrogen (secondary N) is 1. The monoisotopic (exact) mass is 430 g/mol. The largest absolute Gasteiger partial charge is 0.462 e. The Kier molecular flexibility index (Phi) is 6.69. The number of hydrogen-bond acceptors (Lipinski definition) is 6. The first-order valence-electron chi connectivity index (χ1n) is 10.8. The molecule has 2 aromatic carbocycles. The van der Waals surface area contributed by atoms with Crippen LogP contribution in [-0.4, -0.2) is 43.0 Å². The zero-order valence-corrected chi connectivity index (χ0v) is 18.3. The van der Waals surface area contributed by atoms with Gasteiger partial charge >= 0.3 is 5.97 Å². The minimum absolute atomic E-state index is 0.323. The van der Waals surface area contributed by atoms with E-state index >= 15 is 0 Å². The molecule has 0 saturated carbocycles. The summed E-state index contributed by atoms with van der Waals surface area (Å²) in [6.45, 7) is 5.07. The molecule has 0 atom stereocenters. The maximum atomic E-state index is 12.4. The molecule has 0 fully saturated rings. The summed E-state index contributed by atoms with van der Waals surface area (Å²) in [6.07, 6.45) is 4.44. The molecule has 0 radical (unpaired) electrons.